The standard InChI is InChI=1S/C23H27ClN2O2/c1-2-28-23(27)8-5-11-25-12-13-26-21-10-9-19(24)15-18(21)14-17-6-3-4-7-20(17)22(26)16-25/h3-4,6-7,9-10,15,22H,2,5,8,11-14,16H2,1H3. The first-order valence-electron chi connectivity index (χ1n) is 10.2. The largest absolute Gasteiger partial charge is 0.466 e. The average molecular weight is 399 g/mol. The molecule has 0 aliphatic carbocycles. The number of hydrogen-bond donors (Lipinski definition) is 0. The van der Waals surface area contributed by atoms with E-state index in [4.69, 9.17) is 16.3 Å². The van der Waals surface area contributed by atoms with Crippen LogP contribution in [-0.2, 0) is 16.0 Å². The molecule has 2 heterocycles. The quantitative estimate of drug-likeness (QED) is 0.696. The zero-order chi connectivity index (χ0) is 19.5. The van der Waals surface area contributed by atoms with Gasteiger partial charge in [-0.05, 0) is 61.2 Å². The van der Waals surface area contributed by atoms with E-state index in [-0.39, 0.29) is 5.97 Å². The van der Waals surface area contributed by atoms with E-state index in [0.29, 0.717) is 19.1 Å². The van der Waals surface area contributed by atoms with Crippen LogP contribution in [0.4, 0.5) is 5.69 Å². The molecule has 148 valence electrons. The lowest BCUT2D eigenvalue weighted by Gasteiger charge is -2.43. The second-order valence-corrected chi connectivity index (χ2v) is 8.00. The van der Waals surface area contributed by atoms with Crippen molar-refractivity contribution >= 4 is 23.3 Å². The van der Waals surface area contributed by atoms with E-state index in [0.717, 1.165) is 44.0 Å². The van der Waals surface area contributed by atoms with Crippen molar-refractivity contribution in [1.29, 1.82) is 0 Å². The molecule has 4 nitrogen and oxygen atoms in total. The summed E-state index contributed by atoms with van der Waals surface area (Å²) in [5.41, 5.74) is 5.40. The first-order chi connectivity index (χ1) is 13.7. The van der Waals surface area contributed by atoms with E-state index in [9.17, 15) is 4.79 Å². The van der Waals surface area contributed by atoms with Gasteiger partial charge in [0.05, 0.1) is 12.6 Å². The molecular formula is C23H27ClN2O2. The maximum atomic E-state index is 11.6. The molecule has 0 bridgehead atoms. The van der Waals surface area contributed by atoms with Crippen LogP contribution in [-0.4, -0.2) is 43.7 Å². The normalized spacial score (nSPS) is 18.6. The Morgan fingerprint density at radius 1 is 1.18 bits per heavy atom. The molecule has 2 aliphatic rings. The van der Waals surface area contributed by atoms with E-state index < -0.39 is 0 Å². The molecule has 0 spiro atoms. The van der Waals surface area contributed by atoms with Gasteiger partial charge in [0.2, 0.25) is 0 Å². The molecule has 0 saturated carbocycles. The van der Waals surface area contributed by atoms with Crippen LogP contribution in [0.15, 0.2) is 42.5 Å². The van der Waals surface area contributed by atoms with Crippen LogP contribution in [0.3, 0.4) is 0 Å². The Balaban J connectivity index is 1.54. The molecular weight excluding hydrogens is 372 g/mol. The lowest BCUT2D eigenvalue weighted by molar-refractivity contribution is -0.143. The van der Waals surface area contributed by atoms with Gasteiger partial charge in [0, 0.05) is 36.8 Å². The number of piperazine rings is 1. The monoisotopic (exact) mass is 398 g/mol. The Morgan fingerprint density at radius 3 is 2.89 bits per heavy atom. The molecule has 2 aromatic carbocycles. The third kappa shape index (κ3) is 4.03. The van der Waals surface area contributed by atoms with Crippen molar-refractivity contribution in [3.05, 3.63) is 64.2 Å². The fourth-order valence-corrected chi connectivity index (χ4v) is 4.67. The predicted molar refractivity (Wildman–Crippen MR) is 113 cm³/mol. The van der Waals surface area contributed by atoms with Gasteiger partial charge < -0.3 is 9.64 Å². The van der Waals surface area contributed by atoms with Crippen molar-refractivity contribution in [1.82, 2.24) is 4.90 Å². The number of halogens is 1. The van der Waals surface area contributed by atoms with Gasteiger partial charge in [0.1, 0.15) is 0 Å². The number of carbonyl (C=O) groups is 1. The van der Waals surface area contributed by atoms with Gasteiger partial charge in [-0.25, -0.2) is 0 Å². The summed E-state index contributed by atoms with van der Waals surface area (Å²) < 4.78 is 5.05. The zero-order valence-corrected chi connectivity index (χ0v) is 17.1. The van der Waals surface area contributed by atoms with E-state index >= 15 is 0 Å². The number of benzene rings is 2. The molecule has 1 fully saturated rings. The summed E-state index contributed by atoms with van der Waals surface area (Å²) in [4.78, 5) is 16.7. The summed E-state index contributed by atoms with van der Waals surface area (Å²) in [6.07, 6.45) is 2.26. The van der Waals surface area contributed by atoms with Gasteiger partial charge in [-0.3, -0.25) is 9.69 Å². The van der Waals surface area contributed by atoms with E-state index in [1.165, 1.54) is 22.4 Å². The van der Waals surface area contributed by atoms with Crippen LogP contribution in [0.5, 0.6) is 0 Å². The highest BCUT2D eigenvalue weighted by Gasteiger charge is 2.33. The summed E-state index contributed by atoms with van der Waals surface area (Å²) in [6, 6.07) is 15.4. The van der Waals surface area contributed by atoms with Gasteiger partial charge in [-0.15, -0.1) is 0 Å². The van der Waals surface area contributed by atoms with E-state index in [1.807, 2.05) is 13.0 Å². The van der Waals surface area contributed by atoms with Gasteiger partial charge in [0.25, 0.3) is 0 Å². The van der Waals surface area contributed by atoms with Crippen LogP contribution in [0.25, 0.3) is 0 Å². The second kappa shape index (κ2) is 8.54. The number of nitrogens with zero attached hydrogens (tertiary/aromatic N) is 2. The lowest BCUT2D eigenvalue weighted by atomic mass is 9.96. The second-order valence-electron chi connectivity index (χ2n) is 7.57. The molecule has 1 atom stereocenters. The number of ether oxygens (including phenoxy) is 1. The van der Waals surface area contributed by atoms with Crippen molar-refractivity contribution < 1.29 is 9.53 Å². The Hall–Kier alpha value is -2.04. The molecule has 2 aromatic rings. The third-order valence-corrected chi connectivity index (χ3v) is 6.01. The van der Waals surface area contributed by atoms with Crippen molar-refractivity contribution in [3.8, 4) is 0 Å². The number of carbonyl (C=O) groups excluding carboxylic acids is 1. The minimum atomic E-state index is -0.0910. The number of esters is 1. The topological polar surface area (TPSA) is 32.8 Å². The SMILES string of the molecule is CCOC(=O)CCCN1CCN2c3ccc(Cl)cc3Cc3ccccc3C2C1. The summed E-state index contributed by atoms with van der Waals surface area (Å²) in [5.74, 6) is -0.0910. The summed E-state index contributed by atoms with van der Waals surface area (Å²) in [6.45, 7) is 6.20. The number of rotatable bonds is 5. The van der Waals surface area contributed by atoms with Crippen LogP contribution in [0.1, 0.15) is 42.5 Å². The molecule has 5 heteroatoms. The summed E-state index contributed by atoms with van der Waals surface area (Å²) in [5, 5.41) is 0.798. The molecule has 1 saturated heterocycles. The number of anilines is 1. The highest BCUT2D eigenvalue weighted by molar-refractivity contribution is 6.30. The first-order valence-corrected chi connectivity index (χ1v) is 10.5. The third-order valence-electron chi connectivity index (χ3n) is 5.77. The Morgan fingerprint density at radius 2 is 2.04 bits per heavy atom. The van der Waals surface area contributed by atoms with Crippen molar-refractivity contribution in [3.63, 3.8) is 0 Å². The van der Waals surface area contributed by atoms with Crippen LogP contribution < -0.4 is 4.90 Å². The zero-order valence-electron chi connectivity index (χ0n) is 16.4. The fourth-order valence-electron chi connectivity index (χ4n) is 4.48. The average Bonchev–Trinajstić information content (AvgIpc) is 2.82. The fraction of sp³-hybridized carbons (Fsp3) is 0.435. The Bertz CT molecular complexity index is 854. The minimum absolute atomic E-state index is 0.0910. The molecule has 0 amide bonds. The maximum Gasteiger partial charge on any atom is 0.305 e. The first kappa shape index (κ1) is 19.3. The minimum Gasteiger partial charge on any atom is -0.466 e. The molecule has 0 radical (unpaired) electrons. The Labute approximate surface area is 172 Å². The summed E-state index contributed by atoms with van der Waals surface area (Å²) >= 11 is 6.30. The van der Waals surface area contributed by atoms with Gasteiger partial charge >= 0.3 is 5.97 Å². The summed E-state index contributed by atoms with van der Waals surface area (Å²) in [7, 11) is 0. The molecule has 0 aromatic heterocycles. The maximum absolute atomic E-state index is 11.6. The van der Waals surface area contributed by atoms with E-state index in [2.05, 4.69) is 46.2 Å². The van der Waals surface area contributed by atoms with Crippen LogP contribution in [0.2, 0.25) is 5.02 Å². The van der Waals surface area contributed by atoms with Gasteiger partial charge in [-0.2, -0.15) is 0 Å². The smallest absolute Gasteiger partial charge is 0.305 e. The van der Waals surface area contributed by atoms with Gasteiger partial charge in [0.15, 0.2) is 0 Å². The molecule has 2 aliphatic heterocycles. The van der Waals surface area contributed by atoms with Crippen molar-refractivity contribution in [2.45, 2.75) is 32.2 Å². The van der Waals surface area contributed by atoms with Crippen molar-refractivity contribution in [2.75, 3.05) is 37.7 Å². The molecule has 1 unspecified atom stereocenters. The molecule has 4 rings (SSSR count). The van der Waals surface area contributed by atoms with E-state index in [1.54, 1.807) is 0 Å². The van der Waals surface area contributed by atoms with Crippen molar-refractivity contribution in [2.24, 2.45) is 0 Å². The highest BCUT2D eigenvalue weighted by atomic mass is 35.5. The van der Waals surface area contributed by atoms with Gasteiger partial charge in [-0.1, -0.05) is 35.9 Å². The Kier molecular flexibility index (Phi) is 5.88. The lowest BCUT2D eigenvalue weighted by Crippen LogP contribution is -2.48. The molecule has 0 N–H and O–H groups in total. The molecule has 28 heavy (non-hydrogen) atoms. The van der Waals surface area contributed by atoms with Crippen LogP contribution >= 0.6 is 11.6 Å². The predicted octanol–water partition coefficient (Wildman–Crippen LogP) is 4.45. The van der Waals surface area contributed by atoms with Crippen LogP contribution in [0, 0.1) is 0 Å². The number of hydrogen-bond acceptors (Lipinski definition) is 4. The highest BCUT2D eigenvalue weighted by Crippen LogP contribution is 2.40. The number of fused-ring (bicyclic) bond motifs is 5.